The van der Waals surface area contributed by atoms with Crippen molar-refractivity contribution in [1.29, 1.82) is 0 Å². The van der Waals surface area contributed by atoms with E-state index >= 15 is 0 Å². The summed E-state index contributed by atoms with van der Waals surface area (Å²) in [7, 11) is 2.12. The summed E-state index contributed by atoms with van der Waals surface area (Å²) < 4.78 is 2.21. The highest BCUT2D eigenvalue weighted by molar-refractivity contribution is 5.04. The van der Waals surface area contributed by atoms with Crippen LogP contribution in [0.15, 0.2) is 18.3 Å². The zero-order chi connectivity index (χ0) is 9.10. The quantitative estimate of drug-likeness (QED) is 0.716. The van der Waals surface area contributed by atoms with E-state index < -0.39 is 0 Å². The number of hydrogen-bond donors (Lipinski definition) is 1. The number of aryl methyl sites for hydroxylation is 1. The molecule has 2 N–H and O–H groups in total. The first-order valence-electron chi connectivity index (χ1n) is 5.30. The van der Waals surface area contributed by atoms with Crippen LogP contribution in [0.2, 0.25) is 0 Å². The average molecular weight is 179 g/mol. The molecule has 0 spiro atoms. The van der Waals surface area contributed by atoms with Crippen LogP contribution in [0, 0.1) is 0 Å². The molecule has 0 aromatic carbocycles. The average Bonchev–Trinajstić information content (AvgIpc) is 2.72. The number of aromatic nitrogens is 1. The van der Waals surface area contributed by atoms with Gasteiger partial charge in [-0.1, -0.05) is 0 Å². The minimum absolute atomic E-state index is 0.898. The molecule has 13 heavy (non-hydrogen) atoms. The molecule has 1 aliphatic rings. The molecule has 1 aliphatic carbocycles. The summed E-state index contributed by atoms with van der Waals surface area (Å²) in [5.41, 5.74) is 1.44. The first-order chi connectivity index (χ1) is 6.36. The van der Waals surface area contributed by atoms with Gasteiger partial charge in [-0.2, -0.15) is 0 Å². The second kappa shape index (κ2) is 3.97. The number of hydrogen-bond acceptors (Lipinski definition) is 0. The molecule has 2 rings (SSSR count). The van der Waals surface area contributed by atoms with E-state index in [1.54, 1.807) is 0 Å². The van der Waals surface area contributed by atoms with E-state index in [4.69, 9.17) is 0 Å². The van der Waals surface area contributed by atoms with Crippen molar-refractivity contribution in [3.05, 3.63) is 24.0 Å². The number of nitrogens with zero attached hydrogens (tertiary/aromatic N) is 1. The van der Waals surface area contributed by atoms with E-state index in [2.05, 4.69) is 35.3 Å². The highest BCUT2D eigenvalue weighted by Gasteiger charge is 2.17. The van der Waals surface area contributed by atoms with E-state index in [0.29, 0.717) is 0 Å². The van der Waals surface area contributed by atoms with Gasteiger partial charge in [-0.3, -0.25) is 0 Å². The predicted molar refractivity (Wildman–Crippen MR) is 53.3 cm³/mol. The molecule has 1 aromatic rings. The van der Waals surface area contributed by atoms with Gasteiger partial charge < -0.3 is 9.88 Å². The summed E-state index contributed by atoms with van der Waals surface area (Å²) in [6, 6.07) is 5.23. The molecule has 1 aromatic heterocycles. The first kappa shape index (κ1) is 8.82. The summed E-state index contributed by atoms with van der Waals surface area (Å²) in [4.78, 5) is 0. The van der Waals surface area contributed by atoms with Crippen LogP contribution < -0.4 is 5.32 Å². The molecule has 0 unspecified atom stereocenters. The van der Waals surface area contributed by atoms with Crippen LogP contribution in [0.5, 0.6) is 0 Å². The lowest BCUT2D eigenvalue weighted by molar-refractivity contribution is -0.703. The largest absolute Gasteiger partial charge is 0.350 e. The van der Waals surface area contributed by atoms with Crippen LogP contribution in [0.25, 0.3) is 0 Å². The van der Waals surface area contributed by atoms with Crippen LogP contribution >= 0.6 is 0 Å². The third-order valence-corrected chi connectivity index (χ3v) is 3.11. The van der Waals surface area contributed by atoms with Gasteiger partial charge >= 0.3 is 0 Å². The molecule has 0 aliphatic heterocycles. The standard InChI is InChI=1S/C11H18N2/c1-13-8-4-7-11(13)9-12-10-5-2-3-6-10/h4,7-8,10,12H,2-3,5-6,9H2,1H3/p+1. The van der Waals surface area contributed by atoms with Gasteiger partial charge in [0.1, 0.15) is 6.54 Å². The molecule has 1 heterocycles. The van der Waals surface area contributed by atoms with E-state index in [9.17, 15) is 0 Å². The lowest BCUT2D eigenvalue weighted by atomic mass is 10.2. The second-order valence-electron chi connectivity index (χ2n) is 4.09. The number of quaternary nitrogens is 1. The Balaban J connectivity index is 1.82. The van der Waals surface area contributed by atoms with Gasteiger partial charge in [-0.15, -0.1) is 0 Å². The molecule has 0 amide bonds. The Kier molecular flexibility index (Phi) is 2.69. The van der Waals surface area contributed by atoms with Gasteiger partial charge in [0.05, 0.1) is 11.7 Å². The van der Waals surface area contributed by atoms with Gasteiger partial charge in [-0.25, -0.2) is 0 Å². The fourth-order valence-corrected chi connectivity index (χ4v) is 2.19. The molecule has 2 nitrogen and oxygen atoms in total. The zero-order valence-corrected chi connectivity index (χ0v) is 8.37. The van der Waals surface area contributed by atoms with Crippen molar-refractivity contribution in [2.24, 2.45) is 7.05 Å². The fourth-order valence-electron chi connectivity index (χ4n) is 2.19. The van der Waals surface area contributed by atoms with Crippen LogP contribution in [-0.4, -0.2) is 10.6 Å². The maximum atomic E-state index is 2.50. The summed E-state index contributed by atoms with van der Waals surface area (Å²) in [5, 5.41) is 2.50. The molecule has 1 saturated carbocycles. The van der Waals surface area contributed by atoms with Crippen molar-refractivity contribution in [1.82, 2.24) is 4.57 Å². The van der Waals surface area contributed by atoms with Gasteiger partial charge in [-0.05, 0) is 37.8 Å². The molecule has 0 radical (unpaired) electrons. The lowest BCUT2D eigenvalue weighted by Crippen LogP contribution is -2.88. The molecular weight excluding hydrogens is 160 g/mol. The van der Waals surface area contributed by atoms with E-state index in [1.165, 1.54) is 31.4 Å². The summed E-state index contributed by atoms with van der Waals surface area (Å²) >= 11 is 0. The molecular formula is C11H19N2+. The molecule has 0 atom stereocenters. The van der Waals surface area contributed by atoms with Crippen molar-refractivity contribution < 1.29 is 5.32 Å². The van der Waals surface area contributed by atoms with Gasteiger partial charge in [0.2, 0.25) is 0 Å². The Bertz CT molecular complexity index is 259. The van der Waals surface area contributed by atoms with Crippen LogP contribution in [0.1, 0.15) is 31.4 Å². The Hall–Kier alpha value is -0.760. The minimum Gasteiger partial charge on any atom is -0.350 e. The first-order valence-corrected chi connectivity index (χ1v) is 5.30. The SMILES string of the molecule is Cn1cccc1C[NH2+]C1CCCC1. The minimum atomic E-state index is 0.898. The maximum absolute atomic E-state index is 2.50. The fraction of sp³-hybridized carbons (Fsp3) is 0.636. The topological polar surface area (TPSA) is 21.5 Å². The molecule has 0 saturated heterocycles. The van der Waals surface area contributed by atoms with E-state index in [0.717, 1.165) is 12.6 Å². The summed E-state index contributed by atoms with van der Waals surface area (Å²) in [6.45, 7) is 1.15. The van der Waals surface area contributed by atoms with Gasteiger partial charge in [0, 0.05) is 13.2 Å². The van der Waals surface area contributed by atoms with Crippen molar-refractivity contribution >= 4 is 0 Å². The van der Waals surface area contributed by atoms with Crippen molar-refractivity contribution in [2.45, 2.75) is 38.3 Å². The van der Waals surface area contributed by atoms with Gasteiger partial charge in [0.15, 0.2) is 0 Å². The smallest absolute Gasteiger partial charge is 0.117 e. The second-order valence-corrected chi connectivity index (χ2v) is 4.09. The third kappa shape index (κ3) is 2.13. The van der Waals surface area contributed by atoms with Crippen molar-refractivity contribution in [3.8, 4) is 0 Å². The van der Waals surface area contributed by atoms with E-state index in [1.807, 2.05) is 0 Å². The monoisotopic (exact) mass is 179 g/mol. The molecule has 1 fully saturated rings. The molecule has 0 bridgehead atoms. The molecule has 72 valence electrons. The highest BCUT2D eigenvalue weighted by Crippen LogP contribution is 2.14. The number of rotatable bonds is 3. The summed E-state index contributed by atoms with van der Waals surface area (Å²) in [5.74, 6) is 0. The van der Waals surface area contributed by atoms with E-state index in [-0.39, 0.29) is 0 Å². The Morgan fingerprint density at radius 1 is 1.46 bits per heavy atom. The van der Waals surface area contributed by atoms with Crippen LogP contribution in [0.4, 0.5) is 0 Å². The summed E-state index contributed by atoms with van der Waals surface area (Å²) in [6.07, 6.45) is 7.84. The third-order valence-electron chi connectivity index (χ3n) is 3.11. The Labute approximate surface area is 79.9 Å². The highest BCUT2D eigenvalue weighted by atomic mass is 15.0. The van der Waals surface area contributed by atoms with Crippen LogP contribution in [-0.2, 0) is 13.6 Å². The van der Waals surface area contributed by atoms with Crippen molar-refractivity contribution in [3.63, 3.8) is 0 Å². The maximum Gasteiger partial charge on any atom is 0.117 e. The van der Waals surface area contributed by atoms with Crippen LogP contribution in [0.3, 0.4) is 0 Å². The predicted octanol–water partition coefficient (Wildman–Crippen LogP) is 1.03. The molecule has 2 heteroatoms. The Morgan fingerprint density at radius 3 is 2.85 bits per heavy atom. The number of nitrogens with two attached hydrogens (primary N) is 1. The van der Waals surface area contributed by atoms with Crippen molar-refractivity contribution in [2.75, 3.05) is 0 Å². The normalized spacial score (nSPS) is 18.2. The van der Waals surface area contributed by atoms with Gasteiger partial charge in [0.25, 0.3) is 0 Å². The Morgan fingerprint density at radius 2 is 2.23 bits per heavy atom. The zero-order valence-electron chi connectivity index (χ0n) is 8.37. The lowest BCUT2D eigenvalue weighted by Gasteiger charge is -2.08.